The Hall–Kier alpha value is -0.840. The van der Waals surface area contributed by atoms with Gasteiger partial charge in [0.2, 0.25) is 0 Å². The van der Waals surface area contributed by atoms with Crippen LogP contribution < -0.4 is 0 Å². The van der Waals surface area contributed by atoms with Gasteiger partial charge in [-0.1, -0.05) is 22.5 Å². The van der Waals surface area contributed by atoms with Crippen molar-refractivity contribution in [2.24, 2.45) is 0 Å². The Morgan fingerprint density at radius 2 is 2.06 bits per heavy atom. The highest BCUT2D eigenvalue weighted by Crippen LogP contribution is 2.09. The van der Waals surface area contributed by atoms with Crippen LogP contribution in [-0.2, 0) is 14.3 Å². The molecule has 4 nitrogen and oxygen atoms in total. The summed E-state index contributed by atoms with van der Waals surface area (Å²) in [5, 5.41) is 8.83. The van der Waals surface area contributed by atoms with Crippen LogP contribution in [0, 0.1) is 0 Å². The first-order valence-electron chi connectivity index (χ1n) is 5.14. The van der Waals surface area contributed by atoms with E-state index >= 15 is 0 Å². The van der Waals surface area contributed by atoms with Gasteiger partial charge in [0.1, 0.15) is 0 Å². The van der Waals surface area contributed by atoms with Gasteiger partial charge in [0.05, 0.1) is 6.10 Å². The van der Waals surface area contributed by atoms with E-state index in [0.29, 0.717) is 23.7 Å². The minimum Gasteiger partial charge on any atom is -0.481 e. The molecule has 1 atom stereocenters. The minimum absolute atomic E-state index is 0.161. The lowest BCUT2D eigenvalue weighted by molar-refractivity contribution is -0.144. The molecular formula is C11H17BrO4. The average molecular weight is 293 g/mol. The Labute approximate surface area is 104 Å². The lowest BCUT2D eigenvalue weighted by atomic mass is 10.1. The zero-order valence-corrected chi connectivity index (χ0v) is 11.0. The van der Waals surface area contributed by atoms with E-state index in [1.165, 1.54) is 0 Å². The van der Waals surface area contributed by atoms with Crippen LogP contribution in [0.1, 0.15) is 32.6 Å². The Kier molecular flexibility index (Phi) is 7.89. The van der Waals surface area contributed by atoms with Gasteiger partial charge in [0.25, 0.3) is 0 Å². The Bertz CT molecular complexity index is 263. The van der Waals surface area contributed by atoms with E-state index in [4.69, 9.17) is 9.84 Å². The van der Waals surface area contributed by atoms with Gasteiger partial charge < -0.3 is 9.84 Å². The van der Waals surface area contributed by atoms with Crippen molar-refractivity contribution in [1.82, 2.24) is 0 Å². The summed E-state index contributed by atoms with van der Waals surface area (Å²) in [4.78, 5) is 21.5. The lowest BCUT2D eigenvalue weighted by Crippen LogP contribution is -2.16. The van der Waals surface area contributed by atoms with Crippen LogP contribution in [0.4, 0.5) is 0 Å². The smallest absolute Gasteiger partial charge is 0.334 e. The molecule has 16 heavy (non-hydrogen) atoms. The van der Waals surface area contributed by atoms with E-state index < -0.39 is 11.9 Å². The monoisotopic (exact) mass is 292 g/mol. The van der Waals surface area contributed by atoms with Crippen LogP contribution in [0.5, 0.6) is 0 Å². The molecule has 92 valence electrons. The number of ether oxygens (including phenoxy) is 1. The number of carbonyl (C=O) groups excluding carboxylic acids is 1. The number of aliphatic carboxylic acids is 1. The molecule has 5 heteroatoms. The number of hydrogen-bond donors (Lipinski definition) is 1. The second-order valence-corrected chi connectivity index (χ2v) is 4.15. The van der Waals surface area contributed by atoms with Gasteiger partial charge in [-0.05, 0) is 26.2 Å². The fourth-order valence-corrected chi connectivity index (χ4v) is 1.32. The highest BCUT2D eigenvalue weighted by atomic mass is 79.9. The maximum Gasteiger partial charge on any atom is 0.334 e. The predicted molar refractivity (Wildman–Crippen MR) is 64.6 cm³/mol. The average Bonchev–Trinajstić information content (AvgIpc) is 2.22. The van der Waals surface area contributed by atoms with Gasteiger partial charge in [-0.25, -0.2) is 4.79 Å². The lowest BCUT2D eigenvalue weighted by Gasteiger charge is -2.13. The molecule has 0 saturated heterocycles. The molecule has 0 aromatic heterocycles. The van der Waals surface area contributed by atoms with Crippen molar-refractivity contribution in [2.45, 2.75) is 38.7 Å². The van der Waals surface area contributed by atoms with Gasteiger partial charge in [0.15, 0.2) is 0 Å². The second-order valence-electron chi connectivity index (χ2n) is 3.59. The molecule has 1 unspecified atom stereocenters. The molecule has 0 fully saturated rings. The molecule has 0 aliphatic rings. The predicted octanol–water partition coefficient (Wildman–Crippen LogP) is 2.51. The molecule has 0 radical (unpaired) electrons. The van der Waals surface area contributed by atoms with E-state index in [-0.39, 0.29) is 12.5 Å². The summed E-state index contributed by atoms with van der Waals surface area (Å²) in [6.45, 7) is 5.34. The van der Waals surface area contributed by atoms with Crippen molar-refractivity contribution in [3.05, 3.63) is 12.2 Å². The number of alkyl halides is 1. The first kappa shape index (κ1) is 15.2. The van der Waals surface area contributed by atoms with Gasteiger partial charge in [-0.2, -0.15) is 0 Å². The molecule has 0 bridgehead atoms. The number of hydrogen-bond acceptors (Lipinski definition) is 3. The highest BCUT2D eigenvalue weighted by Gasteiger charge is 2.11. The van der Waals surface area contributed by atoms with E-state index in [1.54, 1.807) is 6.92 Å². The molecule has 0 rings (SSSR count). The quantitative estimate of drug-likeness (QED) is 0.323. The third-order valence-corrected chi connectivity index (χ3v) is 2.69. The molecule has 0 aliphatic carbocycles. The van der Waals surface area contributed by atoms with Crippen LogP contribution in [0.25, 0.3) is 0 Å². The van der Waals surface area contributed by atoms with E-state index in [0.717, 1.165) is 6.42 Å². The standard InChI is InChI=1S/C11H17BrO4/c1-8(7-12)11(15)16-9(2)5-3-4-6-10(13)14/h9H,1,3-7H2,2H3,(H,13,14). The molecule has 0 aromatic rings. The van der Waals surface area contributed by atoms with Gasteiger partial charge in [-0.15, -0.1) is 0 Å². The van der Waals surface area contributed by atoms with Gasteiger partial charge >= 0.3 is 11.9 Å². The fourth-order valence-electron chi connectivity index (χ4n) is 1.09. The summed E-state index contributed by atoms with van der Waals surface area (Å²) in [5.41, 5.74) is 0.386. The molecule has 0 aliphatic heterocycles. The SMILES string of the molecule is C=C(CBr)C(=O)OC(C)CCCCC(=O)O. The number of esters is 1. The van der Waals surface area contributed by atoms with Gasteiger partial charge in [0, 0.05) is 17.3 Å². The molecule has 1 N–H and O–H groups in total. The summed E-state index contributed by atoms with van der Waals surface area (Å²) in [7, 11) is 0. The Morgan fingerprint density at radius 1 is 1.44 bits per heavy atom. The topological polar surface area (TPSA) is 63.6 Å². The van der Waals surface area contributed by atoms with Gasteiger partial charge in [-0.3, -0.25) is 4.79 Å². The normalized spacial score (nSPS) is 11.9. The number of carboxylic acid groups (broad SMARTS) is 1. The maximum absolute atomic E-state index is 11.3. The van der Waals surface area contributed by atoms with Crippen molar-refractivity contribution in [3.8, 4) is 0 Å². The molecule has 0 heterocycles. The molecule has 0 saturated carbocycles. The number of rotatable bonds is 8. The largest absolute Gasteiger partial charge is 0.481 e. The second kappa shape index (κ2) is 8.33. The summed E-state index contributed by atoms with van der Waals surface area (Å²) >= 11 is 3.12. The Balaban J connectivity index is 3.66. The fraction of sp³-hybridized carbons (Fsp3) is 0.636. The van der Waals surface area contributed by atoms with Crippen LogP contribution in [0.3, 0.4) is 0 Å². The molecule has 0 amide bonds. The van der Waals surface area contributed by atoms with Crippen LogP contribution in [0.15, 0.2) is 12.2 Å². The van der Waals surface area contributed by atoms with Crippen molar-refractivity contribution >= 4 is 27.9 Å². The van der Waals surface area contributed by atoms with Crippen molar-refractivity contribution in [1.29, 1.82) is 0 Å². The molecular weight excluding hydrogens is 276 g/mol. The van der Waals surface area contributed by atoms with Crippen molar-refractivity contribution in [2.75, 3.05) is 5.33 Å². The zero-order chi connectivity index (χ0) is 12.6. The van der Waals surface area contributed by atoms with E-state index in [1.807, 2.05) is 0 Å². The third-order valence-electron chi connectivity index (χ3n) is 2.01. The summed E-state index contributed by atoms with van der Waals surface area (Å²) < 4.78 is 5.09. The number of unbranched alkanes of at least 4 members (excludes halogenated alkanes) is 1. The van der Waals surface area contributed by atoms with Crippen LogP contribution in [-0.4, -0.2) is 28.5 Å². The first-order valence-corrected chi connectivity index (χ1v) is 6.26. The van der Waals surface area contributed by atoms with Crippen LogP contribution in [0.2, 0.25) is 0 Å². The van der Waals surface area contributed by atoms with Crippen LogP contribution >= 0.6 is 15.9 Å². The summed E-state index contributed by atoms with van der Waals surface area (Å²) in [6.07, 6.45) is 1.98. The maximum atomic E-state index is 11.3. The van der Waals surface area contributed by atoms with E-state index in [2.05, 4.69) is 22.5 Å². The number of carbonyl (C=O) groups is 2. The van der Waals surface area contributed by atoms with Crippen molar-refractivity contribution in [3.63, 3.8) is 0 Å². The number of halogens is 1. The van der Waals surface area contributed by atoms with E-state index in [9.17, 15) is 9.59 Å². The molecule has 0 spiro atoms. The first-order chi connectivity index (χ1) is 7.47. The minimum atomic E-state index is -0.794. The summed E-state index contributed by atoms with van der Waals surface area (Å²) in [6, 6.07) is 0. The van der Waals surface area contributed by atoms with Crippen molar-refractivity contribution < 1.29 is 19.4 Å². The zero-order valence-electron chi connectivity index (χ0n) is 9.37. The Morgan fingerprint density at radius 3 is 2.56 bits per heavy atom. The highest BCUT2D eigenvalue weighted by molar-refractivity contribution is 9.09. The number of carboxylic acids is 1. The molecule has 0 aromatic carbocycles. The summed E-state index contributed by atoms with van der Waals surface area (Å²) in [5.74, 6) is -1.19. The third kappa shape index (κ3) is 7.45.